The molecule has 3 nitrogen and oxygen atoms in total. The SMILES string of the molecule is Cn1ncc(CC2(CCl)CC2)n1. The van der Waals surface area contributed by atoms with Gasteiger partial charge < -0.3 is 0 Å². The number of hydrogen-bond acceptors (Lipinski definition) is 2. The predicted molar refractivity (Wildman–Crippen MR) is 47.1 cm³/mol. The number of aryl methyl sites for hydroxylation is 1. The third kappa shape index (κ3) is 1.46. The maximum atomic E-state index is 5.86. The standard InChI is InChI=1S/C8H12ClN3/c1-12-10-5-7(11-12)4-8(6-9)2-3-8/h5H,2-4,6H2,1H3. The zero-order valence-corrected chi connectivity index (χ0v) is 7.88. The summed E-state index contributed by atoms with van der Waals surface area (Å²) in [5, 5.41) is 8.26. The van der Waals surface area contributed by atoms with Gasteiger partial charge in [0.05, 0.1) is 11.9 Å². The highest BCUT2D eigenvalue weighted by molar-refractivity contribution is 6.18. The fourth-order valence-electron chi connectivity index (χ4n) is 1.39. The van der Waals surface area contributed by atoms with Crippen LogP contribution in [0.5, 0.6) is 0 Å². The summed E-state index contributed by atoms with van der Waals surface area (Å²) in [7, 11) is 1.84. The number of hydrogen-bond donors (Lipinski definition) is 0. The molecule has 1 aliphatic carbocycles. The number of rotatable bonds is 3. The van der Waals surface area contributed by atoms with Gasteiger partial charge in [-0.25, -0.2) is 0 Å². The Morgan fingerprint density at radius 1 is 1.67 bits per heavy atom. The molecule has 1 aromatic rings. The van der Waals surface area contributed by atoms with Crippen LogP contribution in [0.25, 0.3) is 0 Å². The molecule has 1 aliphatic rings. The predicted octanol–water partition coefficient (Wildman–Crippen LogP) is 1.38. The van der Waals surface area contributed by atoms with Crippen LogP contribution in [0.1, 0.15) is 18.5 Å². The second-order valence-corrected chi connectivity index (χ2v) is 3.90. The molecule has 0 spiro atoms. The summed E-state index contributed by atoms with van der Waals surface area (Å²) in [5.74, 6) is 0.754. The first-order chi connectivity index (χ1) is 5.74. The molecule has 12 heavy (non-hydrogen) atoms. The van der Waals surface area contributed by atoms with Crippen LogP contribution in [0.4, 0.5) is 0 Å². The second-order valence-electron chi connectivity index (χ2n) is 3.64. The van der Waals surface area contributed by atoms with E-state index in [2.05, 4.69) is 10.2 Å². The Morgan fingerprint density at radius 2 is 2.42 bits per heavy atom. The third-order valence-corrected chi connectivity index (χ3v) is 3.01. The molecule has 0 aromatic carbocycles. The van der Waals surface area contributed by atoms with Crippen LogP contribution in [0.3, 0.4) is 0 Å². The van der Waals surface area contributed by atoms with E-state index in [1.54, 1.807) is 4.80 Å². The quantitative estimate of drug-likeness (QED) is 0.667. The molecule has 1 aromatic heterocycles. The first kappa shape index (κ1) is 8.05. The van der Waals surface area contributed by atoms with E-state index in [1.165, 1.54) is 12.8 Å². The van der Waals surface area contributed by atoms with Gasteiger partial charge in [0.25, 0.3) is 0 Å². The number of alkyl halides is 1. The molecule has 0 unspecified atom stereocenters. The van der Waals surface area contributed by atoms with Gasteiger partial charge in [0, 0.05) is 12.9 Å². The van der Waals surface area contributed by atoms with Crippen molar-refractivity contribution in [1.29, 1.82) is 0 Å². The Bertz CT molecular complexity index is 278. The molecule has 1 fully saturated rings. The molecule has 0 N–H and O–H groups in total. The molecule has 4 heteroatoms. The molecule has 66 valence electrons. The molecular formula is C8H12ClN3. The lowest BCUT2D eigenvalue weighted by atomic mass is 10.0. The molecule has 0 radical (unpaired) electrons. The van der Waals surface area contributed by atoms with Crippen LogP contribution in [0, 0.1) is 5.41 Å². The van der Waals surface area contributed by atoms with Crippen molar-refractivity contribution >= 4 is 11.6 Å². The fraction of sp³-hybridized carbons (Fsp3) is 0.750. The monoisotopic (exact) mass is 185 g/mol. The summed E-state index contributed by atoms with van der Waals surface area (Å²) in [6.45, 7) is 0. The molecule has 0 amide bonds. The Morgan fingerprint density at radius 3 is 2.83 bits per heavy atom. The Kier molecular flexibility index (Phi) is 1.83. The Labute approximate surface area is 76.7 Å². The minimum absolute atomic E-state index is 0.359. The molecule has 0 aliphatic heterocycles. The lowest BCUT2D eigenvalue weighted by Crippen LogP contribution is -2.07. The van der Waals surface area contributed by atoms with Crippen molar-refractivity contribution in [2.45, 2.75) is 19.3 Å². The first-order valence-electron chi connectivity index (χ1n) is 4.15. The second kappa shape index (κ2) is 2.73. The van der Waals surface area contributed by atoms with E-state index >= 15 is 0 Å². The van der Waals surface area contributed by atoms with Gasteiger partial charge in [-0.2, -0.15) is 15.0 Å². The van der Waals surface area contributed by atoms with Crippen molar-refractivity contribution < 1.29 is 0 Å². The van der Waals surface area contributed by atoms with Crippen LogP contribution >= 0.6 is 11.6 Å². The van der Waals surface area contributed by atoms with Crippen LogP contribution in [0.15, 0.2) is 6.20 Å². The maximum absolute atomic E-state index is 5.86. The van der Waals surface area contributed by atoms with Crippen LogP contribution in [-0.4, -0.2) is 20.9 Å². The average Bonchev–Trinajstić information content (AvgIpc) is 2.71. The van der Waals surface area contributed by atoms with E-state index in [-0.39, 0.29) is 0 Å². The van der Waals surface area contributed by atoms with Crippen molar-refractivity contribution in [3.63, 3.8) is 0 Å². The van der Waals surface area contributed by atoms with Crippen molar-refractivity contribution in [3.05, 3.63) is 11.9 Å². The van der Waals surface area contributed by atoms with Gasteiger partial charge in [-0.3, -0.25) is 0 Å². The normalized spacial score (nSPS) is 19.5. The van der Waals surface area contributed by atoms with Gasteiger partial charge in [-0.05, 0) is 24.7 Å². The summed E-state index contributed by atoms with van der Waals surface area (Å²) in [6.07, 6.45) is 5.30. The van der Waals surface area contributed by atoms with Crippen molar-refractivity contribution in [1.82, 2.24) is 15.0 Å². The van der Waals surface area contributed by atoms with Crippen LogP contribution in [-0.2, 0) is 13.5 Å². The highest BCUT2D eigenvalue weighted by atomic mass is 35.5. The van der Waals surface area contributed by atoms with Crippen molar-refractivity contribution in [2.24, 2.45) is 12.5 Å². The fourth-order valence-corrected chi connectivity index (χ4v) is 1.75. The van der Waals surface area contributed by atoms with E-state index in [1.807, 2.05) is 13.2 Å². The third-order valence-electron chi connectivity index (χ3n) is 2.44. The molecule has 2 rings (SSSR count). The average molecular weight is 186 g/mol. The van der Waals surface area contributed by atoms with Gasteiger partial charge in [0.15, 0.2) is 0 Å². The van der Waals surface area contributed by atoms with Crippen molar-refractivity contribution in [3.8, 4) is 0 Å². The molecule has 1 heterocycles. The minimum atomic E-state index is 0.359. The van der Waals surface area contributed by atoms with Crippen molar-refractivity contribution in [2.75, 3.05) is 5.88 Å². The molecule has 0 bridgehead atoms. The summed E-state index contributed by atoms with van der Waals surface area (Å²) in [5.41, 5.74) is 1.42. The maximum Gasteiger partial charge on any atom is 0.0833 e. The van der Waals surface area contributed by atoms with Gasteiger partial charge in [-0.1, -0.05) is 0 Å². The zero-order valence-electron chi connectivity index (χ0n) is 7.13. The zero-order chi connectivity index (χ0) is 8.60. The summed E-state index contributed by atoms with van der Waals surface area (Å²) >= 11 is 5.86. The van der Waals surface area contributed by atoms with Gasteiger partial charge in [0.1, 0.15) is 0 Å². The largest absolute Gasteiger partial charge is 0.188 e. The number of halogens is 1. The highest BCUT2D eigenvalue weighted by Gasteiger charge is 2.42. The molecule has 0 saturated heterocycles. The minimum Gasteiger partial charge on any atom is -0.188 e. The molecular weight excluding hydrogens is 174 g/mol. The van der Waals surface area contributed by atoms with Crippen LogP contribution < -0.4 is 0 Å². The smallest absolute Gasteiger partial charge is 0.0833 e. The number of aromatic nitrogens is 3. The number of nitrogens with zero attached hydrogens (tertiary/aromatic N) is 3. The Balaban J connectivity index is 2.04. The Hall–Kier alpha value is -0.570. The lowest BCUT2D eigenvalue weighted by Gasteiger charge is -2.06. The topological polar surface area (TPSA) is 30.7 Å². The van der Waals surface area contributed by atoms with E-state index in [0.717, 1.165) is 18.0 Å². The lowest BCUT2D eigenvalue weighted by molar-refractivity contribution is 0.556. The molecule has 0 atom stereocenters. The van der Waals surface area contributed by atoms with E-state index in [0.29, 0.717) is 5.41 Å². The van der Waals surface area contributed by atoms with Gasteiger partial charge in [-0.15, -0.1) is 11.6 Å². The van der Waals surface area contributed by atoms with E-state index < -0.39 is 0 Å². The summed E-state index contributed by atoms with van der Waals surface area (Å²) in [4.78, 5) is 1.60. The molecule has 1 saturated carbocycles. The van der Waals surface area contributed by atoms with Gasteiger partial charge >= 0.3 is 0 Å². The summed E-state index contributed by atoms with van der Waals surface area (Å²) < 4.78 is 0. The summed E-state index contributed by atoms with van der Waals surface area (Å²) in [6, 6.07) is 0. The first-order valence-corrected chi connectivity index (χ1v) is 4.69. The van der Waals surface area contributed by atoms with E-state index in [9.17, 15) is 0 Å². The van der Waals surface area contributed by atoms with Gasteiger partial charge in [0.2, 0.25) is 0 Å². The highest BCUT2D eigenvalue weighted by Crippen LogP contribution is 2.48. The van der Waals surface area contributed by atoms with E-state index in [4.69, 9.17) is 11.6 Å². The van der Waals surface area contributed by atoms with Crippen LogP contribution in [0.2, 0.25) is 0 Å².